The van der Waals surface area contributed by atoms with Crippen LogP contribution in [0.4, 0.5) is 0 Å². The summed E-state index contributed by atoms with van der Waals surface area (Å²) >= 11 is 0. The summed E-state index contributed by atoms with van der Waals surface area (Å²) in [6.07, 6.45) is 1.43. The van der Waals surface area contributed by atoms with E-state index in [-0.39, 0.29) is 0 Å². The number of carboxylic acids is 1. The summed E-state index contributed by atoms with van der Waals surface area (Å²) < 4.78 is 0. The molecule has 0 bridgehead atoms. The molecule has 4 heteroatoms. The summed E-state index contributed by atoms with van der Waals surface area (Å²) in [4.78, 5) is 10.5. The second-order valence-electron chi connectivity index (χ2n) is 2.74. The summed E-state index contributed by atoms with van der Waals surface area (Å²) in [5.41, 5.74) is 4.52. The predicted octanol–water partition coefficient (Wildman–Crippen LogP) is -0.848. The van der Waals surface area contributed by atoms with Crippen molar-refractivity contribution in [1.82, 2.24) is 5.32 Å². The van der Waals surface area contributed by atoms with Crippen molar-refractivity contribution in [3.05, 3.63) is 0 Å². The molecule has 1 atom stereocenters. The Morgan fingerprint density at radius 1 is 1.70 bits per heavy atom. The van der Waals surface area contributed by atoms with Crippen LogP contribution in [0.15, 0.2) is 0 Å². The minimum absolute atomic E-state index is 0.391. The van der Waals surface area contributed by atoms with Gasteiger partial charge in [-0.1, -0.05) is 0 Å². The second-order valence-corrected chi connectivity index (χ2v) is 2.74. The third-order valence-corrected chi connectivity index (χ3v) is 1.84. The summed E-state index contributed by atoms with van der Waals surface area (Å²) in [5.74, 6) is -0.903. The predicted molar refractivity (Wildman–Crippen MR) is 36.7 cm³/mol. The molecule has 4 N–H and O–H groups in total. The van der Waals surface area contributed by atoms with Gasteiger partial charge in [0.15, 0.2) is 0 Å². The fraction of sp³-hybridized carbons (Fsp3) is 0.833. The summed E-state index contributed by atoms with van der Waals surface area (Å²) in [6.45, 7) is 1.27. The zero-order chi connectivity index (χ0) is 7.61. The first kappa shape index (κ1) is 7.50. The van der Waals surface area contributed by atoms with Gasteiger partial charge in [-0.05, 0) is 19.4 Å². The molecule has 0 radical (unpaired) electrons. The molecule has 0 aromatic rings. The minimum Gasteiger partial charge on any atom is -0.480 e. The van der Waals surface area contributed by atoms with Crippen molar-refractivity contribution in [1.29, 1.82) is 0 Å². The molecule has 0 saturated carbocycles. The number of hydrogen-bond donors (Lipinski definition) is 3. The Balaban J connectivity index is 2.56. The standard InChI is InChI=1S/C6H12N2O2/c7-6(5(9)10)2-1-3-8-4-6/h8H,1-4,7H2,(H,9,10)/t6-/m1/s1. The van der Waals surface area contributed by atoms with E-state index in [1.807, 2.05) is 0 Å². The lowest BCUT2D eigenvalue weighted by Gasteiger charge is -2.29. The zero-order valence-corrected chi connectivity index (χ0v) is 5.76. The van der Waals surface area contributed by atoms with Crippen molar-refractivity contribution in [2.24, 2.45) is 5.73 Å². The average Bonchev–Trinajstić information content (AvgIpc) is 1.89. The van der Waals surface area contributed by atoms with E-state index in [1.54, 1.807) is 0 Å². The van der Waals surface area contributed by atoms with Crippen LogP contribution in [0.25, 0.3) is 0 Å². The van der Waals surface area contributed by atoms with Gasteiger partial charge in [-0.15, -0.1) is 0 Å². The van der Waals surface area contributed by atoms with Gasteiger partial charge < -0.3 is 16.2 Å². The molecule has 10 heavy (non-hydrogen) atoms. The molecular weight excluding hydrogens is 132 g/mol. The van der Waals surface area contributed by atoms with E-state index in [1.165, 1.54) is 0 Å². The van der Waals surface area contributed by atoms with Gasteiger partial charge in [0.25, 0.3) is 0 Å². The van der Waals surface area contributed by atoms with Gasteiger partial charge in [0.2, 0.25) is 0 Å². The maximum atomic E-state index is 10.5. The molecule has 1 aliphatic heterocycles. The Morgan fingerprint density at radius 2 is 2.40 bits per heavy atom. The Hall–Kier alpha value is -0.610. The number of piperidine rings is 1. The SMILES string of the molecule is N[C@]1(C(=O)O)CCCNC1. The smallest absolute Gasteiger partial charge is 0.325 e. The molecule has 1 saturated heterocycles. The average molecular weight is 144 g/mol. The maximum absolute atomic E-state index is 10.5. The Kier molecular flexibility index (Phi) is 1.92. The highest BCUT2D eigenvalue weighted by Crippen LogP contribution is 2.12. The van der Waals surface area contributed by atoms with Gasteiger partial charge in [-0.25, -0.2) is 0 Å². The molecule has 0 spiro atoms. The monoisotopic (exact) mass is 144 g/mol. The molecule has 0 aromatic heterocycles. The lowest BCUT2D eigenvalue weighted by molar-refractivity contribution is -0.143. The number of carbonyl (C=O) groups is 1. The molecule has 4 nitrogen and oxygen atoms in total. The summed E-state index contributed by atoms with van der Waals surface area (Å²) in [6, 6.07) is 0. The highest BCUT2D eigenvalue weighted by atomic mass is 16.4. The molecule has 0 aromatic carbocycles. The van der Waals surface area contributed by atoms with Gasteiger partial charge >= 0.3 is 5.97 Å². The van der Waals surface area contributed by atoms with Gasteiger partial charge in [-0.2, -0.15) is 0 Å². The molecule has 0 aliphatic carbocycles. The first-order valence-electron chi connectivity index (χ1n) is 3.38. The normalized spacial score (nSPS) is 33.7. The number of hydrogen-bond acceptors (Lipinski definition) is 3. The zero-order valence-electron chi connectivity index (χ0n) is 5.76. The van der Waals surface area contributed by atoms with Crippen molar-refractivity contribution in [3.63, 3.8) is 0 Å². The fourth-order valence-corrected chi connectivity index (χ4v) is 1.11. The van der Waals surface area contributed by atoms with Gasteiger partial charge in [0.05, 0.1) is 0 Å². The van der Waals surface area contributed by atoms with E-state index in [9.17, 15) is 4.79 Å². The Bertz CT molecular complexity index is 141. The van der Waals surface area contributed by atoms with Crippen LogP contribution in [0.2, 0.25) is 0 Å². The lowest BCUT2D eigenvalue weighted by Crippen LogP contribution is -2.58. The highest BCUT2D eigenvalue weighted by molar-refractivity contribution is 5.78. The fourth-order valence-electron chi connectivity index (χ4n) is 1.11. The number of nitrogens with two attached hydrogens (primary N) is 1. The van der Waals surface area contributed by atoms with Gasteiger partial charge in [-0.3, -0.25) is 4.79 Å². The van der Waals surface area contributed by atoms with Crippen molar-refractivity contribution < 1.29 is 9.90 Å². The number of rotatable bonds is 1. The topological polar surface area (TPSA) is 75.4 Å². The number of carboxylic acid groups (broad SMARTS) is 1. The highest BCUT2D eigenvalue weighted by Gasteiger charge is 2.34. The van der Waals surface area contributed by atoms with E-state index >= 15 is 0 Å². The van der Waals surface area contributed by atoms with E-state index in [0.29, 0.717) is 13.0 Å². The van der Waals surface area contributed by atoms with Gasteiger partial charge in [0, 0.05) is 6.54 Å². The second kappa shape index (κ2) is 2.56. The lowest BCUT2D eigenvalue weighted by atomic mass is 9.92. The Labute approximate surface area is 59.4 Å². The molecule has 1 heterocycles. The molecular formula is C6H12N2O2. The van der Waals surface area contributed by atoms with E-state index < -0.39 is 11.5 Å². The number of nitrogens with one attached hydrogen (secondary N) is 1. The van der Waals surface area contributed by atoms with Crippen LogP contribution in [-0.4, -0.2) is 29.7 Å². The minimum atomic E-state index is -1.02. The van der Waals surface area contributed by atoms with Crippen LogP contribution in [0.3, 0.4) is 0 Å². The molecule has 58 valence electrons. The summed E-state index contributed by atoms with van der Waals surface area (Å²) in [7, 11) is 0. The Morgan fingerprint density at radius 3 is 2.70 bits per heavy atom. The van der Waals surface area contributed by atoms with Crippen LogP contribution in [-0.2, 0) is 4.79 Å². The molecule has 0 amide bonds. The molecule has 1 aliphatic rings. The third kappa shape index (κ3) is 1.27. The van der Waals surface area contributed by atoms with Crippen molar-refractivity contribution in [2.45, 2.75) is 18.4 Å². The molecule has 1 fully saturated rings. The van der Waals surface area contributed by atoms with E-state index in [2.05, 4.69) is 5.32 Å². The van der Waals surface area contributed by atoms with E-state index in [0.717, 1.165) is 13.0 Å². The van der Waals surface area contributed by atoms with Crippen LogP contribution in [0.5, 0.6) is 0 Å². The molecule has 1 rings (SSSR count). The third-order valence-electron chi connectivity index (χ3n) is 1.84. The van der Waals surface area contributed by atoms with Crippen LogP contribution >= 0.6 is 0 Å². The summed E-state index contributed by atoms with van der Waals surface area (Å²) in [5, 5.41) is 11.6. The van der Waals surface area contributed by atoms with Crippen molar-refractivity contribution >= 4 is 5.97 Å². The first-order valence-corrected chi connectivity index (χ1v) is 3.38. The van der Waals surface area contributed by atoms with Crippen LogP contribution < -0.4 is 11.1 Å². The maximum Gasteiger partial charge on any atom is 0.325 e. The van der Waals surface area contributed by atoms with Crippen molar-refractivity contribution in [3.8, 4) is 0 Å². The van der Waals surface area contributed by atoms with Crippen LogP contribution in [0.1, 0.15) is 12.8 Å². The number of aliphatic carboxylic acids is 1. The van der Waals surface area contributed by atoms with Crippen LogP contribution in [0, 0.1) is 0 Å². The quantitative estimate of drug-likeness (QED) is 0.448. The first-order chi connectivity index (χ1) is 4.65. The van der Waals surface area contributed by atoms with Gasteiger partial charge in [0.1, 0.15) is 5.54 Å². The van der Waals surface area contributed by atoms with E-state index in [4.69, 9.17) is 10.8 Å². The van der Waals surface area contributed by atoms with Crippen molar-refractivity contribution in [2.75, 3.05) is 13.1 Å². The molecule has 0 unspecified atom stereocenters. The largest absolute Gasteiger partial charge is 0.480 e.